The lowest BCUT2D eigenvalue weighted by Gasteiger charge is -2.30. The zero-order valence-corrected chi connectivity index (χ0v) is 13.5. The lowest BCUT2D eigenvalue weighted by molar-refractivity contribution is 0.363. The number of aromatic nitrogens is 1. The minimum absolute atomic E-state index is 0.0673. The molecule has 1 aromatic heterocycles. The molecule has 0 spiro atoms. The van der Waals surface area contributed by atoms with Crippen LogP contribution in [-0.4, -0.2) is 18.3 Å². The third-order valence-electron chi connectivity index (χ3n) is 5.11. The molecule has 0 atom stereocenters. The number of rotatable bonds is 7. The second-order valence-corrected chi connectivity index (χ2v) is 8.24. The van der Waals surface area contributed by atoms with Gasteiger partial charge in [0.2, 0.25) is 0 Å². The molecule has 1 heterocycles. The van der Waals surface area contributed by atoms with Crippen LogP contribution in [0.15, 0.2) is 10.8 Å². The summed E-state index contributed by atoms with van der Waals surface area (Å²) >= 11 is 0. The minimum atomic E-state index is -3.20. The molecular formula is C15H25NO3S. The van der Waals surface area contributed by atoms with E-state index in [9.17, 15) is 8.42 Å². The number of sulfone groups is 1. The number of nitrogens with zero attached hydrogens (tertiary/aromatic N) is 1. The molecule has 1 aliphatic rings. The van der Waals surface area contributed by atoms with E-state index in [1.165, 1.54) is 12.7 Å². The second-order valence-electron chi connectivity index (χ2n) is 5.86. The second kappa shape index (κ2) is 5.88. The summed E-state index contributed by atoms with van der Waals surface area (Å²) in [6.07, 6.45) is 6.90. The van der Waals surface area contributed by atoms with Gasteiger partial charge in [0, 0.05) is 11.5 Å². The Bertz CT molecular complexity index is 531. The first-order valence-corrected chi connectivity index (χ1v) is 9.30. The van der Waals surface area contributed by atoms with Gasteiger partial charge in [-0.05, 0) is 32.1 Å². The van der Waals surface area contributed by atoms with Gasteiger partial charge in [0.15, 0.2) is 9.84 Å². The average Bonchev–Trinajstić information content (AvgIpc) is 2.77. The summed E-state index contributed by atoms with van der Waals surface area (Å²) in [5.74, 6) is 0.468. The van der Waals surface area contributed by atoms with Crippen LogP contribution in [0, 0.1) is 0 Å². The highest BCUT2D eigenvalue weighted by molar-refractivity contribution is 7.92. The smallest absolute Gasteiger partial charge is 0.160 e. The normalized spacial score (nSPS) is 17.1. The van der Waals surface area contributed by atoms with E-state index in [2.05, 4.69) is 5.16 Å². The van der Waals surface area contributed by atoms with Crippen LogP contribution in [0.2, 0.25) is 0 Å². The molecule has 1 saturated carbocycles. The van der Waals surface area contributed by atoms with Crippen molar-refractivity contribution in [2.24, 2.45) is 0 Å². The molecule has 0 aliphatic heterocycles. The summed E-state index contributed by atoms with van der Waals surface area (Å²) in [4.78, 5) is 0. The highest BCUT2D eigenvalue weighted by Crippen LogP contribution is 2.39. The Balaban J connectivity index is 2.26. The minimum Gasteiger partial charge on any atom is -0.364 e. The molecule has 4 nitrogen and oxygen atoms in total. The van der Waals surface area contributed by atoms with Crippen molar-refractivity contribution in [3.8, 4) is 0 Å². The van der Waals surface area contributed by atoms with Crippen molar-refractivity contribution in [3.05, 3.63) is 17.5 Å². The topological polar surface area (TPSA) is 60.2 Å². The molecule has 0 bridgehead atoms. The SMILES string of the molecule is CCC(CC)(CC)S(=O)(=O)Cc1conc1C1CCC1. The van der Waals surface area contributed by atoms with E-state index in [1.54, 1.807) is 0 Å². The van der Waals surface area contributed by atoms with Gasteiger partial charge in [0.25, 0.3) is 0 Å². The fourth-order valence-electron chi connectivity index (χ4n) is 3.16. The van der Waals surface area contributed by atoms with Gasteiger partial charge in [-0.3, -0.25) is 0 Å². The summed E-state index contributed by atoms with van der Waals surface area (Å²) in [6, 6.07) is 0. The van der Waals surface area contributed by atoms with Gasteiger partial charge >= 0.3 is 0 Å². The van der Waals surface area contributed by atoms with Gasteiger partial charge in [0.1, 0.15) is 6.26 Å². The molecule has 0 N–H and O–H groups in total. The molecule has 0 amide bonds. The fraction of sp³-hybridized carbons (Fsp3) is 0.800. The first kappa shape index (κ1) is 15.5. The summed E-state index contributed by atoms with van der Waals surface area (Å²) in [6.45, 7) is 5.89. The first-order chi connectivity index (χ1) is 9.49. The summed E-state index contributed by atoms with van der Waals surface area (Å²) < 4.78 is 30.1. The Hall–Kier alpha value is -0.840. The van der Waals surface area contributed by atoms with E-state index in [0.717, 1.165) is 24.1 Å². The van der Waals surface area contributed by atoms with E-state index >= 15 is 0 Å². The lowest BCUT2D eigenvalue weighted by atomic mass is 9.82. The highest BCUT2D eigenvalue weighted by Gasteiger charge is 2.40. The predicted molar refractivity (Wildman–Crippen MR) is 79.3 cm³/mol. The lowest BCUT2D eigenvalue weighted by Crippen LogP contribution is -2.38. The Kier molecular flexibility index (Phi) is 4.57. The van der Waals surface area contributed by atoms with Crippen molar-refractivity contribution in [3.63, 3.8) is 0 Å². The highest BCUT2D eigenvalue weighted by atomic mass is 32.2. The van der Waals surface area contributed by atoms with Crippen LogP contribution in [0.3, 0.4) is 0 Å². The van der Waals surface area contributed by atoms with Gasteiger partial charge in [-0.15, -0.1) is 0 Å². The fourth-order valence-corrected chi connectivity index (χ4v) is 5.41. The summed E-state index contributed by atoms with van der Waals surface area (Å²) in [5, 5.41) is 4.04. The average molecular weight is 299 g/mol. The van der Waals surface area contributed by atoms with Crippen LogP contribution in [0.25, 0.3) is 0 Å². The maximum absolute atomic E-state index is 12.8. The van der Waals surface area contributed by atoms with Crippen LogP contribution in [0.1, 0.15) is 76.5 Å². The third kappa shape index (κ3) is 2.52. The maximum Gasteiger partial charge on any atom is 0.160 e. The van der Waals surface area contributed by atoms with Crippen molar-refractivity contribution in [1.29, 1.82) is 0 Å². The Morgan fingerprint density at radius 3 is 2.30 bits per heavy atom. The molecule has 1 aromatic rings. The van der Waals surface area contributed by atoms with Crippen molar-refractivity contribution in [1.82, 2.24) is 5.16 Å². The van der Waals surface area contributed by atoms with Crippen LogP contribution in [0.5, 0.6) is 0 Å². The Morgan fingerprint density at radius 2 is 1.85 bits per heavy atom. The maximum atomic E-state index is 12.8. The Labute approximate surface area is 121 Å². The van der Waals surface area contributed by atoms with Gasteiger partial charge in [-0.2, -0.15) is 0 Å². The predicted octanol–water partition coefficient (Wildman–Crippen LogP) is 3.83. The number of hydrogen-bond donors (Lipinski definition) is 0. The van der Waals surface area contributed by atoms with E-state index < -0.39 is 14.6 Å². The molecule has 20 heavy (non-hydrogen) atoms. The zero-order chi connectivity index (χ0) is 14.8. The molecule has 1 aliphatic carbocycles. The molecule has 114 valence electrons. The molecule has 0 aromatic carbocycles. The molecule has 0 unspecified atom stereocenters. The van der Waals surface area contributed by atoms with Gasteiger partial charge < -0.3 is 4.52 Å². The van der Waals surface area contributed by atoms with E-state index in [4.69, 9.17) is 4.52 Å². The standard InChI is InChI=1S/C15H25NO3S/c1-4-15(5-2,6-3)20(17,18)11-13-10-19-16-14(13)12-8-7-9-12/h10,12H,4-9,11H2,1-3H3. The van der Waals surface area contributed by atoms with Crippen LogP contribution >= 0.6 is 0 Å². The van der Waals surface area contributed by atoms with Crippen molar-refractivity contribution in [2.75, 3.05) is 0 Å². The number of hydrogen-bond acceptors (Lipinski definition) is 4. The zero-order valence-electron chi connectivity index (χ0n) is 12.7. The summed E-state index contributed by atoms with van der Waals surface area (Å²) in [7, 11) is -3.20. The molecule has 5 heteroatoms. The van der Waals surface area contributed by atoms with E-state index in [1.807, 2.05) is 20.8 Å². The largest absolute Gasteiger partial charge is 0.364 e. The van der Waals surface area contributed by atoms with Crippen LogP contribution in [-0.2, 0) is 15.6 Å². The Morgan fingerprint density at radius 1 is 1.25 bits per heavy atom. The molecule has 0 radical (unpaired) electrons. The molecular weight excluding hydrogens is 274 g/mol. The van der Waals surface area contributed by atoms with Crippen molar-refractivity contribution < 1.29 is 12.9 Å². The molecule has 2 rings (SSSR count). The third-order valence-corrected chi connectivity index (χ3v) is 7.98. The molecule has 1 fully saturated rings. The first-order valence-electron chi connectivity index (χ1n) is 7.65. The van der Waals surface area contributed by atoms with Crippen molar-refractivity contribution in [2.45, 2.75) is 75.7 Å². The van der Waals surface area contributed by atoms with Crippen LogP contribution < -0.4 is 0 Å². The summed E-state index contributed by atoms with van der Waals surface area (Å²) in [5.41, 5.74) is 1.64. The van der Waals surface area contributed by atoms with Gasteiger partial charge in [0.05, 0.1) is 16.2 Å². The quantitative estimate of drug-likeness (QED) is 0.767. The van der Waals surface area contributed by atoms with Gasteiger partial charge in [-0.1, -0.05) is 32.3 Å². The molecule has 0 saturated heterocycles. The van der Waals surface area contributed by atoms with Gasteiger partial charge in [-0.25, -0.2) is 8.42 Å². The monoisotopic (exact) mass is 299 g/mol. The van der Waals surface area contributed by atoms with E-state index in [0.29, 0.717) is 25.2 Å². The van der Waals surface area contributed by atoms with E-state index in [-0.39, 0.29) is 5.75 Å². The van der Waals surface area contributed by atoms with Crippen molar-refractivity contribution >= 4 is 9.84 Å². The van der Waals surface area contributed by atoms with Crippen LogP contribution in [0.4, 0.5) is 0 Å².